The van der Waals surface area contributed by atoms with Gasteiger partial charge < -0.3 is 19.7 Å². The van der Waals surface area contributed by atoms with Crippen LogP contribution in [-0.4, -0.2) is 61.1 Å². The molecule has 0 spiro atoms. The first-order valence-corrected chi connectivity index (χ1v) is 10.2. The lowest BCUT2D eigenvalue weighted by Gasteiger charge is -2.36. The predicted octanol–water partition coefficient (Wildman–Crippen LogP) is 1.94. The lowest BCUT2D eigenvalue weighted by molar-refractivity contribution is -0.144. The van der Waals surface area contributed by atoms with E-state index in [4.69, 9.17) is 28.6 Å². The van der Waals surface area contributed by atoms with Gasteiger partial charge in [0.1, 0.15) is 16.7 Å². The molecule has 0 bridgehead atoms. The Balaban J connectivity index is 1.79. The average molecular weight is 456 g/mol. The van der Waals surface area contributed by atoms with Gasteiger partial charge in [-0.1, -0.05) is 11.6 Å². The molecule has 0 aliphatic carbocycles. The molecule has 11 heteroatoms. The minimum Gasteiger partial charge on any atom is -0.497 e. The molecule has 2 heterocycles. The number of hydrogen-bond acceptors (Lipinski definition) is 7. The molecule has 1 aromatic carbocycles. The summed E-state index contributed by atoms with van der Waals surface area (Å²) in [5.74, 6) is -0.733. The molecule has 1 saturated heterocycles. The standard InChI is InChI=1S/C18H18ClN3O5S2/c1-26-9-3-4-10-12(7-9)29-15(14(10)19)17(25)21-18(28)22-6-5-20-16(24)11(22)8-13(23)27-2/h3-4,7,11H,5-6,8H2,1-2H3,(H,20,24)(H,21,25,28). The molecular formula is C18H18ClN3O5S2. The zero-order chi connectivity index (χ0) is 21.1. The Kier molecular flexibility index (Phi) is 6.56. The van der Waals surface area contributed by atoms with Crippen molar-refractivity contribution in [3.05, 3.63) is 28.1 Å². The molecule has 1 aromatic heterocycles. The number of amides is 2. The summed E-state index contributed by atoms with van der Waals surface area (Å²) in [6.07, 6.45) is -0.179. The summed E-state index contributed by atoms with van der Waals surface area (Å²) in [6.45, 7) is 0.694. The molecule has 2 amide bonds. The molecule has 0 saturated carbocycles. The van der Waals surface area contributed by atoms with Crippen LogP contribution < -0.4 is 15.4 Å². The van der Waals surface area contributed by atoms with Crippen LogP contribution in [-0.2, 0) is 14.3 Å². The number of hydrogen-bond donors (Lipinski definition) is 2. The van der Waals surface area contributed by atoms with Crippen molar-refractivity contribution in [3.63, 3.8) is 0 Å². The minimum absolute atomic E-state index is 0.0462. The van der Waals surface area contributed by atoms with Crippen LogP contribution in [0.2, 0.25) is 5.02 Å². The van der Waals surface area contributed by atoms with Crippen LogP contribution >= 0.6 is 35.2 Å². The van der Waals surface area contributed by atoms with E-state index in [0.29, 0.717) is 28.7 Å². The summed E-state index contributed by atoms with van der Waals surface area (Å²) in [4.78, 5) is 38.4. The summed E-state index contributed by atoms with van der Waals surface area (Å²) >= 11 is 12.9. The van der Waals surface area contributed by atoms with Gasteiger partial charge in [0.15, 0.2) is 5.11 Å². The third-order valence-electron chi connectivity index (χ3n) is 4.44. The van der Waals surface area contributed by atoms with Gasteiger partial charge in [0.2, 0.25) is 5.91 Å². The van der Waals surface area contributed by atoms with Gasteiger partial charge in [0.05, 0.1) is 25.7 Å². The zero-order valence-electron chi connectivity index (χ0n) is 15.6. The quantitative estimate of drug-likeness (QED) is 0.537. The van der Waals surface area contributed by atoms with E-state index in [1.807, 2.05) is 0 Å². The van der Waals surface area contributed by atoms with E-state index >= 15 is 0 Å². The van der Waals surface area contributed by atoms with Gasteiger partial charge in [0.25, 0.3) is 5.91 Å². The van der Waals surface area contributed by atoms with Crippen molar-refractivity contribution >= 4 is 68.1 Å². The summed E-state index contributed by atoms with van der Waals surface area (Å²) < 4.78 is 10.6. The highest BCUT2D eigenvalue weighted by Crippen LogP contribution is 2.37. The first kappa shape index (κ1) is 21.3. The van der Waals surface area contributed by atoms with Crippen molar-refractivity contribution in [1.29, 1.82) is 0 Å². The Bertz CT molecular complexity index is 993. The molecule has 1 unspecified atom stereocenters. The van der Waals surface area contributed by atoms with Gasteiger partial charge in [-0.05, 0) is 30.4 Å². The van der Waals surface area contributed by atoms with E-state index in [0.717, 1.165) is 10.1 Å². The van der Waals surface area contributed by atoms with Gasteiger partial charge in [-0.2, -0.15) is 0 Å². The fraction of sp³-hybridized carbons (Fsp3) is 0.333. The second-order valence-corrected chi connectivity index (χ2v) is 7.96. The fourth-order valence-electron chi connectivity index (χ4n) is 2.95. The number of benzene rings is 1. The molecule has 1 atom stereocenters. The van der Waals surface area contributed by atoms with Gasteiger partial charge >= 0.3 is 5.97 Å². The number of piperazine rings is 1. The number of thiocarbonyl (C=S) groups is 1. The highest BCUT2D eigenvalue weighted by molar-refractivity contribution is 7.80. The summed E-state index contributed by atoms with van der Waals surface area (Å²) in [5.41, 5.74) is 0. The fourth-order valence-corrected chi connectivity index (χ4v) is 4.70. The van der Waals surface area contributed by atoms with E-state index in [9.17, 15) is 14.4 Å². The van der Waals surface area contributed by atoms with Crippen LogP contribution in [0.3, 0.4) is 0 Å². The van der Waals surface area contributed by atoms with Gasteiger partial charge in [-0.15, -0.1) is 11.3 Å². The van der Waals surface area contributed by atoms with Crippen molar-refractivity contribution in [2.24, 2.45) is 0 Å². The number of carbonyl (C=O) groups is 3. The van der Waals surface area contributed by atoms with Gasteiger partial charge in [-0.3, -0.25) is 19.7 Å². The second-order valence-electron chi connectivity index (χ2n) is 6.15. The van der Waals surface area contributed by atoms with E-state index in [1.165, 1.54) is 23.3 Å². The Morgan fingerprint density at radius 3 is 2.86 bits per heavy atom. The molecule has 1 fully saturated rings. The highest BCUT2D eigenvalue weighted by Gasteiger charge is 2.34. The SMILES string of the molecule is COC(=O)CC1C(=O)NCCN1C(=S)NC(=O)c1sc2cc(OC)ccc2c1Cl. The lowest BCUT2D eigenvalue weighted by atomic mass is 10.1. The number of rotatable bonds is 4. The minimum atomic E-state index is -0.855. The number of nitrogens with one attached hydrogen (secondary N) is 2. The smallest absolute Gasteiger partial charge is 0.308 e. The molecule has 154 valence electrons. The molecule has 3 rings (SSSR count). The third-order valence-corrected chi connectivity index (χ3v) is 6.44. The maximum absolute atomic E-state index is 12.8. The molecule has 2 aromatic rings. The Labute approximate surface area is 181 Å². The number of methoxy groups -OCH3 is 2. The molecule has 1 aliphatic heterocycles. The average Bonchev–Trinajstić information content (AvgIpc) is 3.05. The Morgan fingerprint density at radius 2 is 2.17 bits per heavy atom. The first-order valence-electron chi connectivity index (χ1n) is 8.58. The second kappa shape index (κ2) is 8.93. The van der Waals surface area contributed by atoms with E-state index < -0.39 is 17.9 Å². The Morgan fingerprint density at radius 1 is 1.41 bits per heavy atom. The molecule has 2 N–H and O–H groups in total. The third kappa shape index (κ3) is 4.44. The maximum Gasteiger partial charge on any atom is 0.308 e. The predicted molar refractivity (Wildman–Crippen MR) is 114 cm³/mol. The number of halogens is 1. The molecule has 0 radical (unpaired) electrons. The van der Waals surface area contributed by atoms with Crippen LogP contribution in [0.5, 0.6) is 5.75 Å². The van der Waals surface area contributed by atoms with Crippen LogP contribution in [0.25, 0.3) is 10.1 Å². The van der Waals surface area contributed by atoms with Crippen molar-refractivity contribution in [2.75, 3.05) is 27.3 Å². The zero-order valence-corrected chi connectivity index (χ0v) is 18.0. The number of fused-ring (bicyclic) bond motifs is 1. The molecule has 29 heavy (non-hydrogen) atoms. The van der Waals surface area contributed by atoms with E-state index in [-0.39, 0.29) is 17.4 Å². The van der Waals surface area contributed by atoms with E-state index in [1.54, 1.807) is 25.3 Å². The van der Waals surface area contributed by atoms with Crippen molar-refractivity contribution in [2.45, 2.75) is 12.5 Å². The lowest BCUT2D eigenvalue weighted by Crippen LogP contribution is -2.60. The summed E-state index contributed by atoms with van der Waals surface area (Å²) in [7, 11) is 2.80. The first-order chi connectivity index (χ1) is 13.8. The molecule has 8 nitrogen and oxygen atoms in total. The van der Waals surface area contributed by atoms with Gasteiger partial charge in [0, 0.05) is 23.2 Å². The summed E-state index contributed by atoms with van der Waals surface area (Å²) in [6, 6.07) is 4.48. The number of esters is 1. The number of ether oxygens (including phenoxy) is 2. The largest absolute Gasteiger partial charge is 0.497 e. The summed E-state index contributed by atoms with van der Waals surface area (Å²) in [5, 5.41) is 6.39. The normalized spacial score (nSPS) is 16.3. The molecule has 1 aliphatic rings. The van der Waals surface area contributed by atoms with Crippen LogP contribution in [0, 0.1) is 0 Å². The van der Waals surface area contributed by atoms with Crippen molar-refractivity contribution in [3.8, 4) is 5.75 Å². The van der Waals surface area contributed by atoms with E-state index in [2.05, 4.69) is 15.4 Å². The van der Waals surface area contributed by atoms with Gasteiger partial charge in [-0.25, -0.2) is 0 Å². The molecular weight excluding hydrogens is 438 g/mol. The van der Waals surface area contributed by atoms with Crippen molar-refractivity contribution < 1.29 is 23.9 Å². The van der Waals surface area contributed by atoms with Crippen LogP contribution in [0.4, 0.5) is 0 Å². The maximum atomic E-state index is 12.8. The number of thiophene rings is 1. The Hall–Kier alpha value is -2.43. The number of carbonyl (C=O) groups excluding carboxylic acids is 3. The topological polar surface area (TPSA) is 97.0 Å². The van der Waals surface area contributed by atoms with Crippen LogP contribution in [0.1, 0.15) is 16.1 Å². The monoisotopic (exact) mass is 455 g/mol. The highest BCUT2D eigenvalue weighted by atomic mass is 35.5. The van der Waals surface area contributed by atoms with Crippen molar-refractivity contribution in [1.82, 2.24) is 15.5 Å². The van der Waals surface area contributed by atoms with Crippen LogP contribution in [0.15, 0.2) is 18.2 Å². The number of nitrogens with zero attached hydrogens (tertiary/aromatic N) is 1.